The summed E-state index contributed by atoms with van der Waals surface area (Å²) in [6, 6.07) is 29.7. The maximum absolute atomic E-state index is 15.4. The van der Waals surface area contributed by atoms with Crippen molar-refractivity contribution in [3.63, 3.8) is 0 Å². The van der Waals surface area contributed by atoms with Crippen LogP contribution in [-0.2, 0) is 39.4 Å². The first-order valence-electron chi connectivity index (χ1n) is 18.6. The highest BCUT2D eigenvalue weighted by Gasteiger charge is 2.66. The van der Waals surface area contributed by atoms with Crippen molar-refractivity contribution in [2.75, 3.05) is 30.1 Å². The number of aliphatic hydroxyl groups excluding tert-OH is 1. The van der Waals surface area contributed by atoms with Gasteiger partial charge in [-0.1, -0.05) is 82.7 Å². The van der Waals surface area contributed by atoms with Crippen LogP contribution in [0.1, 0.15) is 30.2 Å². The highest BCUT2D eigenvalue weighted by molar-refractivity contribution is 9.10. The summed E-state index contributed by atoms with van der Waals surface area (Å²) in [5.41, 5.74) is 3.49. The minimum absolute atomic E-state index is 0.00532. The van der Waals surface area contributed by atoms with Gasteiger partial charge in [0.1, 0.15) is 11.5 Å². The summed E-state index contributed by atoms with van der Waals surface area (Å²) in [6.45, 7) is 7.73. The fourth-order valence-corrected chi connectivity index (χ4v) is 13.4. The summed E-state index contributed by atoms with van der Waals surface area (Å²) in [4.78, 5) is 32.1. The molecule has 3 aliphatic rings. The van der Waals surface area contributed by atoms with Crippen LogP contribution in [0.3, 0.4) is 0 Å². The molecule has 1 fully saturated rings. The van der Waals surface area contributed by atoms with Crippen LogP contribution in [0.2, 0.25) is 18.6 Å². The standard InChI is InChI=1S/C42H44BrN5O6Si/c1-27-40(55(3,4)33-15-13-32(52-2)14-16-33)38(18-20-46-25-30(19-21-49)44-45-46)54-42(27)34-23-29(43)12-17-35(34)47(41(42)51)24-28-8-7-9-31(22-28)48-36-10-5-6-11-37(36)53-26-39(48)50/h5-17,22-23,25,27,38,40,49H,18-21,24,26H2,1-4H3/t27-,38+,40-,42+/m0/s1. The lowest BCUT2D eigenvalue weighted by atomic mass is 9.82. The van der Waals surface area contributed by atoms with E-state index in [2.05, 4.69) is 58.4 Å². The monoisotopic (exact) mass is 821 g/mol. The first kappa shape index (κ1) is 37.1. The molecule has 0 aliphatic carbocycles. The molecule has 1 saturated heterocycles. The molecule has 13 heteroatoms. The van der Waals surface area contributed by atoms with Gasteiger partial charge in [-0.3, -0.25) is 19.2 Å². The van der Waals surface area contributed by atoms with E-state index in [1.54, 1.807) is 16.7 Å². The second-order valence-electron chi connectivity index (χ2n) is 15.1. The zero-order chi connectivity index (χ0) is 38.5. The van der Waals surface area contributed by atoms with Crippen molar-refractivity contribution in [1.82, 2.24) is 15.0 Å². The number of amides is 2. The van der Waals surface area contributed by atoms with E-state index in [4.69, 9.17) is 14.2 Å². The van der Waals surface area contributed by atoms with Crippen LogP contribution in [0, 0.1) is 5.92 Å². The Bertz CT molecular complexity index is 2250. The van der Waals surface area contributed by atoms with E-state index in [-0.39, 0.29) is 42.6 Å². The molecule has 8 rings (SSSR count). The van der Waals surface area contributed by atoms with Gasteiger partial charge in [-0.15, -0.1) is 5.10 Å². The Morgan fingerprint density at radius 3 is 2.58 bits per heavy atom. The zero-order valence-corrected chi connectivity index (χ0v) is 33.9. The number of benzene rings is 4. The maximum Gasteiger partial charge on any atom is 0.269 e. The SMILES string of the molecule is COc1ccc([Si](C)(C)[C@@H]2[C@@H](CCn3cc(CCO)nn3)O[C@]3(C(=O)N(Cc4cccc(N5C(=O)COc6ccccc65)c4)c4ccc(Br)cc43)[C@H]2C)cc1. The normalized spacial score (nSPS) is 21.9. The molecule has 0 unspecified atom stereocenters. The van der Waals surface area contributed by atoms with Crippen LogP contribution in [0.15, 0.2) is 102 Å². The number of carbonyl (C=O) groups excluding carboxylic acids is 2. The average Bonchev–Trinajstić information content (AvgIpc) is 3.83. The highest BCUT2D eigenvalue weighted by Crippen LogP contribution is 2.60. The van der Waals surface area contributed by atoms with Crippen LogP contribution in [-0.4, -0.2) is 66.4 Å². The molecule has 5 aromatic rings. The molecule has 11 nitrogen and oxygen atoms in total. The Kier molecular flexibility index (Phi) is 9.91. The van der Waals surface area contributed by atoms with Gasteiger partial charge in [-0.25, -0.2) is 0 Å². The molecule has 4 aromatic carbocycles. The number of hydrogen-bond donors (Lipinski definition) is 1. The van der Waals surface area contributed by atoms with Crippen molar-refractivity contribution in [2.24, 2.45) is 5.92 Å². The predicted molar refractivity (Wildman–Crippen MR) is 216 cm³/mol. The third-order valence-electron chi connectivity index (χ3n) is 11.6. The maximum atomic E-state index is 15.4. The van der Waals surface area contributed by atoms with Gasteiger partial charge in [-0.2, -0.15) is 0 Å². The molecule has 1 spiro atoms. The van der Waals surface area contributed by atoms with Gasteiger partial charge >= 0.3 is 0 Å². The van der Waals surface area contributed by atoms with Crippen molar-refractivity contribution >= 4 is 58.1 Å². The molecule has 55 heavy (non-hydrogen) atoms. The number of hydrogen-bond acceptors (Lipinski definition) is 8. The number of aliphatic hydroxyl groups is 1. The number of ether oxygens (including phenoxy) is 3. The Morgan fingerprint density at radius 1 is 1.00 bits per heavy atom. The Hall–Kier alpha value is -4.82. The molecule has 2 amide bonds. The number of methoxy groups -OCH3 is 1. The molecule has 1 N–H and O–H groups in total. The first-order valence-corrected chi connectivity index (χ1v) is 22.5. The number of para-hydroxylation sites is 2. The fraction of sp³-hybridized carbons (Fsp3) is 0.333. The van der Waals surface area contributed by atoms with Gasteiger partial charge < -0.3 is 24.2 Å². The number of fused-ring (bicyclic) bond motifs is 3. The van der Waals surface area contributed by atoms with E-state index in [9.17, 15) is 9.90 Å². The molecule has 4 atom stereocenters. The van der Waals surface area contributed by atoms with Gasteiger partial charge in [0, 0.05) is 47.4 Å². The lowest BCUT2D eigenvalue weighted by Crippen LogP contribution is -2.51. The molecular weight excluding hydrogens is 778 g/mol. The molecular formula is C42H44BrN5O6Si. The van der Waals surface area contributed by atoms with Crippen LogP contribution in [0.4, 0.5) is 17.1 Å². The summed E-state index contributed by atoms with van der Waals surface area (Å²) in [6.07, 6.45) is 2.67. The summed E-state index contributed by atoms with van der Waals surface area (Å²) in [5.74, 6) is 1.02. The third-order valence-corrected chi connectivity index (χ3v) is 16.5. The number of carbonyl (C=O) groups is 2. The van der Waals surface area contributed by atoms with Crippen LogP contribution in [0.5, 0.6) is 11.5 Å². The molecule has 284 valence electrons. The summed E-state index contributed by atoms with van der Waals surface area (Å²) < 4.78 is 21.2. The van der Waals surface area contributed by atoms with Crippen molar-refractivity contribution in [1.29, 1.82) is 0 Å². The Morgan fingerprint density at radius 2 is 1.80 bits per heavy atom. The number of nitrogens with zero attached hydrogens (tertiary/aromatic N) is 5. The summed E-state index contributed by atoms with van der Waals surface area (Å²) in [5, 5.41) is 19.3. The van der Waals surface area contributed by atoms with E-state index in [1.807, 2.05) is 90.0 Å². The largest absolute Gasteiger partial charge is 0.497 e. The quantitative estimate of drug-likeness (QED) is 0.150. The topological polar surface area (TPSA) is 119 Å². The highest BCUT2D eigenvalue weighted by atomic mass is 79.9. The average molecular weight is 823 g/mol. The first-order chi connectivity index (χ1) is 26.5. The number of rotatable bonds is 11. The lowest BCUT2D eigenvalue weighted by molar-refractivity contribution is -0.146. The van der Waals surface area contributed by atoms with Gasteiger partial charge in [0.05, 0.1) is 44.9 Å². The molecule has 0 radical (unpaired) electrons. The lowest BCUT2D eigenvalue weighted by Gasteiger charge is -2.37. The smallest absolute Gasteiger partial charge is 0.269 e. The minimum atomic E-state index is -2.36. The van der Waals surface area contributed by atoms with Gasteiger partial charge in [0.15, 0.2) is 12.2 Å². The van der Waals surface area contributed by atoms with Crippen molar-refractivity contribution in [3.05, 3.63) is 118 Å². The summed E-state index contributed by atoms with van der Waals surface area (Å²) >= 11 is 3.72. The van der Waals surface area contributed by atoms with Crippen molar-refractivity contribution in [3.8, 4) is 11.5 Å². The second-order valence-corrected chi connectivity index (χ2v) is 20.7. The van der Waals surface area contributed by atoms with E-state index >= 15 is 4.79 Å². The van der Waals surface area contributed by atoms with Crippen molar-refractivity contribution in [2.45, 2.75) is 63.2 Å². The number of anilines is 3. The van der Waals surface area contributed by atoms with Gasteiger partial charge in [0.25, 0.3) is 11.8 Å². The number of aryl methyl sites for hydroxylation is 1. The summed E-state index contributed by atoms with van der Waals surface area (Å²) in [7, 11) is -0.688. The van der Waals surface area contributed by atoms with E-state index in [1.165, 1.54) is 5.19 Å². The Labute approximate surface area is 330 Å². The third kappa shape index (κ3) is 6.46. The minimum Gasteiger partial charge on any atom is -0.497 e. The number of aromatic nitrogens is 3. The van der Waals surface area contributed by atoms with E-state index in [0.717, 1.165) is 32.7 Å². The molecule has 0 saturated carbocycles. The fourth-order valence-electron chi connectivity index (χ4n) is 9.01. The molecule has 1 aromatic heterocycles. The molecule has 3 aliphatic heterocycles. The van der Waals surface area contributed by atoms with Gasteiger partial charge in [-0.05, 0) is 72.1 Å². The van der Waals surface area contributed by atoms with E-state index in [0.29, 0.717) is 43.1 Å². The predicted octanol–water partition coefficient (Wildman–Crippen LogP) is 6.49. The molecule has 4 heterocycles. The van der Waals surface area contributed by atoms with Crippen LogP contribution < -0.4 is 24.5 Å². The van der Waals surface area contributed by atoms with Crippen molar-refractivity contribution < 1.29 is 28.9 Å². The van der Waals surface area contributed by atoms with Crippen LogP contribution in [0.25, 0.3) is 0 Å². The van der Waals surface area contributed by atoms with Gasteiger partial charge in [0.2, 0.25) is 0 Å². The van der Waals surface area contributed by atoms with E-state index < -0.39 is 13.7 Å². The second kappa shape index (κ2) is 14.7. The Balaban J connectivity index is 1.16. The van der Waals surface area contributed by atoms with Crippen LogP contribution >= 0.6 is 15.9 Å². The number of halogens is 1. The molecule has 0 bridgehead atoms. The zero-order valence-electron chi connectivity index (χ0n) is 31.3.